The highest BCUT2D eigenvalue weighted by molar-refractivity contribution is 6.02. The van der Waals surface area contributed by atoms with Gasteiger partial charge in [-0.3, -0.25) is 24.0 Å². The van der Waals surface area contributed by atoms with Gasteiger partial charge in [0.25, 0.3) is 5.91 Å². The largest absolute Gasteiger partial charge is 0.388 e. The van der Waals surface area contributed by atoms with Gasteiger partial charge in [-0.25, -0.2) is 0 Å². The van der Waals surface area contributed by atoms with Crippen molar-refractivity contribution in [2.45, 2.75) is 83.3 Å². The Hall–Kier alpha value is -5.08. The molecule has 2 bridgehead atoms. The number of fused-ring (bicyclic) bond motifs is 2. The van der Waals surface area contributed by atoms with E-state index in [9.17, 15) is 29.1 Å². The summed E-state index contributed by atoms with van der Waals surface area (Å²) in [7, 11) is 1.47. The number of carbonyl (C=O) groups excluding carboxylic acids is 5. The summed E-state index contributed by atoms with van der Waals surface area (Å²) in [6.07, 6.45) is -1.62. The van der Waals surface area contributed by atoms with Gasteiger partial charge in [-0.05, 0) is 38.2 Å². The van der Waals surface area contributed by atoms with E-state index < -0.39 is 72.5 Å². The molecule has 0 radical (unpaired) electrons. The second kappa shape index (κ2) is 17.0. The van der Waals surface area contributed by atoms with E-state index in [0.717, 1.165) is 5.56 Å². The zero-order valence-corrected chi connectivity index (χ0v) is 30.2. The van der Waals surface area contributed by atoms with E-state index in [-0.39, 0.29) is 55.3 Å². The summed E-state index contributed by atoms with van der Waals surface area (Å²) >= 11 is 0. The van der Waals surface area contributed by atoms with Crippen LogP contribution in [0.1, 0.15) is 55.3 Å². The third-order valence-electron chi connectivity index (χ3n) is 9.59. The number of carbonyl (C=O) groups is 5. The molecule has 1 aromatic heterocycles. The maximum Gasteiger partial charge on any atom is 0.260 e. The summed E-state index contributed by atoms with van der Waals surface area (Å²) in [6, 6.07) is 14.3. The van der Waals surface area contributed by atoms with Crippen LogP contribution in [0.5, 0.6) is 0 Å². The SMILES string of the molecule is Cc1onc(-c2ccccc2)c1C(=O)N1CC(=O)N[C@H](CC(C)C)C(=O)N(C)[C@@H](C)C(=O)N[C@@H](Cc2ccccc2)C(=O)N[C@H]2CCO[C@H](C1)[C@H]2O. The molecule has 4 N–H and O–H groups in total. The van der Waals surface area contributed by atoms with Crippen molar-refractivity contribution in [2.75, 3.05) is 26.7 Å². The summed E-state index contributed by atoms with van der Waals surface area (Å²) in [5.74, 6) is -2.61. The number of benzene rings is 2. The Balaban J connectivity index is 1.52. The molecule has 3 aromatic rings. The molecule has 14 nitrogen and oxygen atoms in total. The molecule has 0 saturated carbocycles. The molecular formula is C38H48N6O8. The monoisotopic (exact) mass is 716 g/mol. The van der Waals surface area contributed by atoms with Crippen LogP contribution in [0.3, 0.4) is 0 Å². The van der Waals surface area contributed by atoms with E-state index in [1.54, 1.807) is 38.1 Å². The highest BCUT2D eigenvalue weighted by Crippen LogP contribution is 2.27. The summed E-state index contributed by atoms with van der Waals surface area (Å²) in [6.45, 7) is 6.36. The summed E-state index contributed by atoms with van der Waals surface area (Å²) in [4.78, 5) is 72.1. The van der Waals surface area contributed by atoms with E-state index in [1.165, 1.54) is 16.8 Å². The zero-order chi connectivity index (χ0) is 37.5. The Morgan fingerprint density at radius 2 is 1.63 bits per heavy atom. The van der Waals surface area contributed by atoms with Gasteiger partial charge in [0, 0.05) is 25.6 Å². The number of hydrogen-bond donors (Lipinski definition) is 4. The highest BCUT2D eigenvalue weighted by atomic mass is 16.5. The van der Waals surface area contributed by atoms with Crippen molar-refractivity contribution in [3.63, 3.8) is 0 Å². The standard InChI is InChI=1S/C38H48N6O8/c1-22(2)18-29-37(49)43(5)23(3)35(47)41-28(19-25-12-8-6-9-13-25)36(48)40-27-16-17-51-30(34(27)46)20-44(21-31(45)39-29)38(50)32-24(4)52-42-33(32)26-14-10-7-11-15-26/h6-15,22-23,27-30,34,46H,16-21H2,1-5H3,(H,39,45)(H,40,48)(H,41,47)/t23-,27-,28-,29+,30+,34-/m0/s1. The molecule has 5 amide bonds. The fourth-order valence-electron chi connectivity index (χ4n) is 6.56. The molecule has 2 saturated heterocycles. The van der Waals surface area contributed by atoms with Crippen LogP contribution in [-0.4, -0.2) is 113 Å². The second-order valence-electron chi connectivity index (χ2n) is 13.9. The number of nitrogens with one attached hydrogen (secondary N) is 3. The minimum Gasteiger partial charge on any atom is -0.388 e. The average Bonchev–Trinajstić information content (AvgIpc) is 3.52. The number of amides is 5. The van der Waals surface area contributed by atoms with Crippen LogP contribution in [0.15, 0.2) is 65.2 Å². The first kappa shape index (κ1) is 38.2. The lowest BCUT2D eigenvalue weighted by atomic mass is 9.97. The van der Waals surface area contributed by atoms with Crippen molar-refractivity contribution < 1.29 is 38.3 Å². The zero-order valence-electron chi connectivity index (χ0n) is 30.2. The normalized spacial score (nSPS) is 25.3. The smallest absolute Gasteiger partial charge is 0.260 e. The predicted molar refractivity (Wildman–Crippen MR) is 191 cm³/mol. The molecule has 6 atom stereocenters. The quantitative estimate of drug-likeness (QED) is 0.296. The number of aromatic nitrogens is 1. The topological polar surface area (TPSA) is 183 Å². The maximum absolute atomic E-state index is 14.4. The van der Waals surface area contributed by atoms with Gasteiger partial charge in [-0.1, -0.05) is 79.7 Å². The van der Waals surface area contributed by atoms with Crippen molar-refractivity contribution in [1.29, 1.82) is 0 Å². The van der Waals surface area contributed by atoms with Crippen molar-refractivity contribution in [1.82, 2.24) is 30.9 Å². The molecule has 2 aliphatic heterocycles. The number of aliphatic hydroxyl groups is 1. The van der Waals surface area contributed by atoms with Crippen molar-refractivity contribution in [3.8, 4) is 11.3 Å². The van der Waals surface area contributed by atoms with E-state index in [2.05, 4.69) is 21.1 Å². The van der Waals surface area contributed by atoms with E-state index in [4.69, 9.17) is 9.26 Å². The average molecular weight is 717 g/mol. The van der Waals surface area contributed by atoms with Crippen molar-refractivity contribution >= 4 is 29.5 Å². The molecule has 5 rings (SSSR count). The van der Waals surface area contributed by atoms with E-state index in [1.807, 2.05) is 50.2 Å². The Labute approximate surface area is 303 Å². The van der Waals surface area contributed by atoms with Gasteiger partial charge in [0.15, 0.2) is 0 Å². The lowest BCUT2D eigenvalue weighted by molar-refractivity contribution is -0.142. The Morgan fingerprint density at radius 3 is 2.31 bits per heavy atom. The highest BCUT2D eigenvalue weighted by Gasteiger charge is 2.40. The number of nitrogens with zero attached hydrogens (tertiary/aromatic N) is 3. The third-order valence-corrected chi connectivity index (χ3v) is 9.59. The van der Waals surface area contributed by atoms with Gasteiger partial charge in [-0.15, -0.1) is 0 Å². The van der Waals surface area contributed by atoms with Crippen LogP contribution in [0.25, 0.3) is 11.3 Å². The maximum atomic E-state index is 14.4. The van der Waals surface area contributed by atoms with Gasteiger partial charge in [0.05, 0.1) is 19.1 Å². The van der Waals surface area contributed by atoms with Gasteiger partial charge >= 0.3 is 0 Å². The lowest BCUT2D eigenvalue weighted by Gasteiger charge is -2.38. The molecule has 2 aromatic carbocycles. The minimum atomic E-state index is -1.28. The molecule has 0 aliphatic carbocycles. The van der Waals surface area contributed by atoms with Crippen molar-refractivity contribution in [3.05, 3.63) is 77.6 Å². The first-order valence-electron chi connectivity index (χ1n) is 17.6. The lowest BCUT2D eigenvalue weighted by Crippen LogP contribution is -2.60. The molecule has 0 spiro atoms. The first-order valence-corrected chi connectivity index (χ1v) is 17.6. The number of likely N-dealkylation sites (N-methyl/N-ethyl adjacent to an activating group) is 1. The van der Waals surface area contributed by atoms with Crippen LogP contribution < -0.4 is 16.0 Å². The van der Waals surface area contributed by atoms with Crippen LogP contribution >= 0.6 is 0 Å². The molecule has 2 aliphatic rings. The van der Waals surface area contributed by atoms with Gasteiger partial charge in [0.2, 0.25) is 23.6 Å². The van der Waals surface area contributed by atoms with Crippen LogP contribution in [-0.2, 0) is 30.3 Å². The van der Waals surface area contributed by atoms with Crippen LogP contribution in [0.2, 0.25) is 0 Å². The van der Waals surface area contributed by atoms with E-state index >= 15 is 0 Å². The van der Waals surface area contributed by atoms with E-state index in [0.29, 0.717) is 5.56 Å². The van der Waals surface area contributed by atoms with Crippen molar-refractivity contribution in [2.24, 2.45) is 5.92 Å². The fourth-order valence-corrected chi connectivity index (χ4v) is 6.56. The number of rotatable bonds is 6. The Bertz CT molecular complexity index is 1730. The first-order chi connectivity index (χ1) is 24.8. The predicted octanol–water partition coefficient (Wildman–Crippen LogP) is 1.85. The Morgan fingerprint density at radius 1 is 0.962 bits per heavy atom. The molecular weight excluding hydrogens is 668 g/mol. The summed E-state index contributed by atoms with van der Waals surface area (Å²) in [5.41, 5.74) is 1.84. The second-order valence-corrected chi connectivity index (χ2v) is 13.9. The molecule has 3 heterocycles. The molecule has 2 fully saturated rings. The van der Waals surface area contributed by atoms with Gasteiger partial charge in [-0.2, -0.15) is 0 Å². The van der Waals surface area contributed by atoms with Crippen LogP contribution in [0.4, 0.5) is 0 Å². The summed E-state index contributed by atoms with van der Waals surface area (Å²) < 4.78 is 11.4. The molecule has 278 valence electrons. The Kier molecular flexibility index (Phi) is 12.4. The summed E-state index contributed by atoms with van der Waals surface area (Å²) in [5, 5.41) is 24.2. The third kappa shape index (κ3) is 9.04. The van der Waals surface area contributed by atoms with Crippen LogP contribution in [0, 0.1) is 12.8 Å². The number of ether oxygens (including phenoxy) is 1. The minimum absolute atomic E-state index is 0.0200. The molecule has 0 unspecified atom stereocenters. The number of aryl methyl sites for hydroxylation is 1. The van der Waals surface area contributed by atoms with Gasteiger partial charge < -0.3 is 40.1 Å². The number of hydrogen-bond acceptors (Lipinski definition) is 9. The molecule has 52 heavy (non-hydrogen) atoms. The molecule has 14 heteroatoms. The fraction of sp³-hybridized carbons (Fsp3) is 0.474. The number of aliphatic hydroxyl groups excluding tert-OH is 1. The van der Waals surface area contributed by atoms with Gasteiger partial charge in [0.1, 0.15) is 47.4 Å².